The predicted molar refractivity (Wildman–Crippen MR) is 49.4 cm³/mol. The van der Waals surface area contributed by atoms with Crippen LogP contribution in [0.15, 0.2) is 24.3 Å². The van der Waals surface area contributed by atoms with Gasteiger partial charge in [-0.1, -0.05) is 12.1 Å². The van der Waals surface area contributed by atoms with Crippen LogP contribution in [0.3, 0.4) is 0 Å². The van der Waals surface area contributed by atoms with Crippen LogP contribution < -0.4 is 34.9 Å². The summed E-state index contributed by atoms with van der Waals surface area (Å²) < 4.78 is 30.8. The van der Waals surface area contributed by atoms with Crippen LogP contribution in [0.4, 0.5) is 5.69 Å². The van der Waals surface area contributed by atoms with E-state index >= 15 is 0 Å². The normalized spacial score (nSPS) is 10.4. The summed E-state index contributed by atoms with van der Waals surface area (Å²) in [5.74, 6) is -0.573. The Labute approximate surface area is 106 Å². The molecule has 0 heterocycles. The third-order valence-corrected chi connectivity index (χ3v) is 1.97. The maximum absolute atomic E-state index is 10.3. The first-order valence-electron chi connectivity index (χ1n) is 3.71. The molecule has 0 aliphatic rings. The fourth-order valence-electron chi connectivity index (χ4n) is 0.927. The summed E-state index contributed by atoms with van der Waals surface area (Å²) in [4.78, 5) is 0. The third-order valence-electron chi connectivity index (χ3n) is 1.47. The largest absolute Gasteiger partial charge is 1.00 e. The van der Waals surface area contributed by atoms with Crippen LogP contribution in [-0.4, -0.2) is 18.8 Å². The Balaban J connectivity index is 0.00000169. The first-order valence-corrected chi connectivity index (χ1v) is 5.29. The molecule has 0 unspecified atom stereocenters. The Morgan fingerprint density at radius 1 is 1.43 bits per heavy atom. The summed E-state index contributed by atoms with van der Waals surface area (Å²) in [6.07, 6.45) is 0. The van der Waals surface area contributed by atoms with Crippen LogP contribution in [0.5, 0.6) is 0 Å². The van der Waals surface area contributed by atoms with E-state index in [-0.39, 0.29) is 29.6 Å². The monoisotopic (exact) mass is 223 g/mol. The van der Waals surface area contributed by atoms with Gasteiger partial charge in [0.2, 0.25) is 0 Å². The van der Waals surface area contributed by atoms with E-state index in [0.717, 1.165) is 5.56 Å². The van der Waals surface area contributed by atoms with Crippen molar-refractivity contribution < 1.29 is 42.5 Å². The van der Waals surface area contributed by atoms with Crippen LogP contribution in [0, 0.1) is 6.92 Å². The van der Waals surface area contributed by atoms with Gasteiger partial charge in [0.1, 0.15) is 16.0 Å². The topological polar surface area (TPSA) is 69.2 Å². The van der Waals surface area contributed by atoms with Crippen LogP contribution >= 0.6 is 0 Å². The van der Waals surface area contributed by atoms with Gasteiger partial charge in [-0.05, 0) is 24.6 Å². The van der Waals surface area contributed by atoms with Crippen molar-refractivity contribution in [3.8, 4) is 0 Å². The van der Waals surface area contributed by atoms with Crippen molar-refractivity contribution in [2.24, 2.45) is 0 Å². The molecule has 0 atom stereocenters. The summed E-state index contributed by atoms with van der Waals surface area (Å²) in [5.41, 5.74) is 1.65. The molecule has 4 nitrogen and oxygen atoms in total. The molecule has 1 aromatic carbocycles. The predicted octanol–water partition coefficient (Wildman–Crippen LogP) is -2.09. The number of hydrogen-bond donors (Lipinski definition) is 1. The van der Waals surface area contributed by atoms with Gasteiger partial charge in [-0.25, -0.2) is 8.42 Å². The Hall–Kier alpha value is -0.0700. The smallest absolute Gasteiger partial charge is 0.747 e. The third kappa shape index (κ3) is 5.62. The molecule has 0 saturated heterocycles. The molecule has 0 spiro atoms. The van der Waals surface area contributed by atoms with Gasteiger partial charge in [-0.15, -0.1) is 0 Å². The molecule has 0 aliphatic carbocycles. The van der Waals surface area contributed by atoms with Crippen LogP contribution in [0.25, 0.3) is 0 Å². The second-order valence-electron chi connectivity index (χ2n) is 2.75. The number of anilines is 1. The maximum atomic E-state index is 10.3. The molecule has 14 heavy (non-hydrogen) atoms. The van der Waals surface area contributed by atoms with E-state index in [1.807, 2.05) is 13.0 Å². The average molecular weight is 223 g/mol. The number of benzene rings is 1. The second kappa shape index (κ2) is 5.72. The molecule has 1 aromatic rings. The molecule has 72 valence electrons. The van der Waals surface area contributed by atoms with Crippen molar-refractivity contribution in [2.45, 2.75) is 6.92 Å². The molecular weight excluding hydrogens is 213 g/mol. The summed E-state index contributed by atoms with van der Waals surface area (Å²) >= 11 is 0. The quantitative estimate of drug-likeness (QED) is 0.471. The fourth-order valence-corrected chi connectivity index (χ4v) is 1.27. The van der Waals surface area contributed by atoms with Crippen molar-refractivity contribution in [1.82, 2.24) is 0 Å². The minimum absolute atomic E-state index is 0. The van der Waals surface area contributed by atoms with Crippen molar-refractivity contribution >= 4 is 15.8 Å². The van der Waals surface area contributed by atoms with Crippen molar-refractivity contribution in [3.05, 3.63) is 29.8 Å². The number of rotatable bonds is 3. The SMILES string of the molecule is Cc1cccc(NCS(=O)(=O)[O-])c1.[Na+]. The van der Waals surface area contributed by atoms with Gasteiger partial charge in [0.25, 0.3) is 0 Å². The Morgan fingerprint density at radius 2 is 2.07 bits per heavy atom. The zero-order chi connectivity index (χ0) is 9.90. The van der Waals surface area contributed by atoms with Crippen molar-refractivity contribution in [2.75, 3.05) is 11.2 Å². The molecule has 0 amide bonds. The second-order valence-corrected chi connectivity index (χ2v) is 4.15. The zero-order valence-corrected chi connectivity index (χ0v) is 11.0. The maximum Gasteiger partial charge on any atom is 1.00 e. The van der Waals surface area contributed by atoms with E-state index in [0.29, 0.717) is 5.69 Å². The van der Waals surface area contributed by atoms with E-state index in [2.05, 4.69) is 5.32 Å². The summed E-state index contributed by atoms with van der Waals surface area (Å²) in [5, 5.41) is 2.52. The van der Waals surface area contributed by atoms with Crippen LogP contribution in [0.2, 0.25) is 0 Å². The average Bonchev–Trinajstić information content (AvgIpc) is 2.00. The van der Waals surface area contributed by atoms with E-state index in [1.54, 1.807) is 18.2 Å². The zero-order valence-electron chi connectivity index (χ0n) is 8.15. The summed E-state index contributed by atoms with van der Waals surface area (Å²) in [6, 6.07) is 7.15. The molecule has 0 radical (unpaired) electrons. The van der Waals surface area contributed by atoms with E-state index < -0.39 is 16.0 Å². The summed E-state index contributed by atoms with van der Waals surface area (Å²) in [6.45, 7) is 1.89. The van der Waals surface area contributed by atoms with Crippen molar-refractivity contribution in [3.63, 3.8) is 0 Å². The van der Waals surface area contributed by atoms with Gasteiger partial charge in [-0.2, -0.15) is 0 Å². The van der Waals surface area contributed by atoms with E-state index in [4.69, 9.17) is 0 Å². The van der Waals surface area contributed by atoms with Crippen LogP contribution in [-0.2, 0) is 10.1 Å². The van der Waals surface area contributed by atoms with E-state index in [1.165, 1.54) is 0 Å². The van der Waals surface area contributed by atoms with Gasteiger partial charge >= 0.3 is 29.6 Å². The van der Waals surface area contributed by atoms with Gasteiger partial charge in [0.05, 0.1) is 0 Å². The number of hydrogen-bond acceptors (Lipinski definition) is 4. The molecule has 6 heteroatoms. The standard InChI is InChI=1S/C8H11NO3S.Na/c1-7-3-2-4-8(5-7)9-6-13(10,11)12;/h2-5,9H,6H2,1H3,(H,10,11,12);/q;+1/p-1. The molecular formula is C8H10NNaO3S. The number of nitrogens with one attached hydrogen (secondary N) is 1. The van der Waals surface area contributed by atoms with Crippen molar-refractivity contribution in [1.29, 1.82) is 0 Å². The van der Waals surface area contributed by atoms with Gasteiger partial charge < -0.3 is 9.87 Å². The number of aryl methyl sites for hydroxylation is 1. The molecule has 0 aliphatic heterocycles. The molecule has 0 bridgehead atoms. The Morgan fingerprint density at radius 3 is 2.57 bits per heavy atom. The molecule has 0 fully saturated rings. The molecule has 0 saturated carbocycles. The first-order chi connectivity index (χ1) is 5.97. The fraction of sp³-hybridized carbons (Fsp3) is 0.250. The van der Waals surface area contributed by atoms with Crippen LogP contribution in [0.1, 0.15) is 5.56 Å². The van der Waals surface area contributed by atoms with Gasteiger partial charge in [0.15, 0.2) is 0 Å². The van der Waals surface area contributed by atoms with Gasteiger partial charge in [-0.3, -0.25) is 0 Å². The molecule has 0 aromatic heterocycles. The Kier molecular flexibility index (Phi) is 5.70. The summed E-state index contributed by atoms with van der Waals surface area (Å²) in [7, 11) is -4.20. The van der Waals surface area contributed by atoms with E-state index in [9.17, 15) is 13.0 Å². The Bertz CT molecular complexity index is 391. The molecule has 1 rings (SSSR count). The minimum atomic E-state index is -4.20. The van der Waals surface area contributed by atoms with Gasteiger partial charge in [0, 0.05) is 5.69 Å². The molecule has 1 N–H and O–H groups in total. The first kappa shape index (κ1) is 13.9. The minimum Gasteiger partial charge on any atom is -0.747 e.